The second-order valence-electron chi connectivity index (χ2n) is 4.74. The molecule has 0 heterocycles. The summed E-state index contributed by atoms with van der Waals surface area (Å²) >= 11 is 0. The molecule has 2 aromatic rings. The van der Waals surface area contributed by atoms with E-state index in [0.29, 0.717) is 6.61 Å². The van der Waals surface area contributed by atoms with Crippen LogP contribution in [-0.4, -0.2) is 24.9 Å². The number of ether oxygens (including phenoxy) is 1. The number of benzene rings is 2. The number of rotatable bonds is 7. The van der Waals surface area contributed by atoms with E-state index in [4.69, 9.17) is 4.74 Å². The van der Waals surface area contributed by atoms with Gasteiger partial charge in [-0.05, 0) is 24.2 Å². The first kappa shape index (κ1) is 14.6. The van der Waals surface area contributed by atoms with E-state index >= 15 is 0 Å². The molecule has 1 unspecified atom stereocenters. The molecule has 0 amide bonds. The summed E-state index contributed by atoms with van der Waals surface area (Å²) in [5.74, 6) is 0.805. The van der Waals surface area contributed by atoms with Crippen LogP contribution in [0, 0.1) is 0 Å². The quantitative estimate of drug-likeness (QED) is 0.813. The molecule has 0 aliphatic rings. The monoisotopic (exact) mass is 271 g/mol. The predicted octanol–water partition coefficient (Wildman–Crippen LogP) is 2.56. The summed E-state index contributed by atoms with van der Waals surface area (Å²) in [5, 5.41) is 13.3. The SMILES string of the molecule is CCNC(CO)(COc1ccccc1)c1ccccc1. The van der Waals surface area contributed by atoms with Crippen molar-refractivity contribution >= 4 is 0 Å². The van der Waals surface area contributed by atoms with Crippen LogP contribution in [0.1, 0.15) is 12.5 Å². The average molecular weight is 271 g/mol. The Morgan fingerprint density at radius 2 is 1.60 bits per heavy atom. The van der Waals surface area contributed by atoms with Crippen molar-refractivity contribution in [3.8, 4) is 5.75 Å². The Hall–Kier alpha value is -1.84. The second-order valence-corrected chi connectivity index (χ2v) is 4.74. The first-order valence-electron chi connectivity index (χ1n) is 6.90. The molecule has 0 bridgehead atoms. The first-order chi connectivity index (χ1) is 9.80. The zero-order chi connectivity index (χ0) is 14.3. The van der Waals surface area contributed by atoms with Gasteiger partial charge in [-0.3, -0.25) is 0 Å². The summed E-state index contributed by atoms with van der Waals surface area (Å²) in [6.07, 6.45) is 0. The highest BCUT2D eigenvalue weighted by Gasteiger charge is 2.31. The van der Waals surface area contributed by atoms with Crippen molar-refractivity contribution in [3.05, 3.63) is 66.2 Å². The lowest BCUT2D eigenvalue weighted by Gasteiger charge is -2.33. The lowest BCUT2D eigenvalue weighted by atomic mass is 9.91. The van der Waals surface area contributed by atoms with Gasteiger partial charge >= 0.3 is 0 Å². The third kappa shape index (κ3) is 3.38. The molecule has 2 N–H and O–H groups in total. The number of aliphatic hydroxyl groups excluding tert-OH is 1. The Bertz CT molecular complexity index is 501. The number of aliphatic hydroxyl groups is 1. The van der Waals surface area contributed by atoms with Gasteiger partial charge in [-0.15, -0.1) is 0 Å². The van der Waals surface area contributed by atoms with Gasteiger partial charge in [0.25, 0.3) is 0 Å². The first-order valence-corrected chi connectivity index (χ1v) is 6.90. The van der Waals surface area contributed by atoms with Crippen LogP contribution in [0.3, 0.4) is 0 Å². The molecule has 2 aromatic carbocycles. The van der Waals surface area contributed by atoms with Gasteiger partial charge < -0.3 is 15.2 Å². The normalized spacial score (nSPS) is 13.7. The van der Waals surface area contributed by atoms with Crippen molar-refractivity contribution in [2.24, 2.45) is 0 Å². The Kier molecular flexibility index (Phi) is 5.16. The molecular weight excluding hydrogens is 250 g/mol. The predicted molar refractivity (Wildman–Crippen MR) is 80.8 cm³/mol. The van der Waals surface area contributed by atoms with Gasteiger partial charge in [-0.25, -0.2) is 0 Å². The molecule has 0 saturated heterocycles. The fourth-order valence-corrected chi connectivity index (χ4v) is 2.25. The molecule has 3 nitrogen and oxygen atoms in total. The van der Waals surface area contributed by atoms with Crippen LogP contribution in [0.4, 0.5) is 0 Å². The van der Waals surface area contributed by atoms with E-state index in [9.17, 15) is 5.11 Å². The molecule has 1 atom stereocenters. The molecule has 0 aliphatic carbocycles. The van der Waals surface area contributed by atoms with E-state index in [1.165, 1.54) is 0 Å². The van der Waals surface area contributed by atoms with Gasteiger partial charge in [0.1, 0.15) is 17.9 Å². The number of hydrogen-bond acceptors (Lipinski definition) is 3. The number of nitrogens with one attached hydrogen (secondary N) is 1. The topological polar surface area (TPSA) is 41.5 Å². The summed E-state index contributed by atoms with van der Waals surface area (Å²) in [7, 11) is 0. The van der Waals surface area contributed by atoms with E-state index in [2.05, 4.69) is 5.32 Å². The highest BCUT2D eigenvalue weighted by molar-refractivity contribution is 5.26. The van der Waals surface area contributed by atoms with Crippen molar-refractivity contribution in [1.82, 2.24) is 5.32 Å². The largest absolute Gasteiger partial charge is 0.491 e. The molecule has 20 heavy (non-hydrogen) atoms. The third-order valence-electron chi connectivity index (χ3n) is 3.34. The zero-order valence-electron chi connectivity index (χ0n) is 11.8. The van der Waals surface area contributed by atoms with Gasteiger partial charge in [0.2, 0.25) is 0 Å². The summed E-state index contributed by atoms with van der Waals surface area (Å²) in [4.78, 5) is 0. The molecule has 0 fully saturated rings. The Labute approximate surface area is 120 Å². The molecule has 0 radical (unpaired) electrons. The van der Waals surface area contributed by atoms with Gasteiger partial charge in [0.15, 0.2) is 0 Å². The molecule has 0 aromatic heterocycles. The minimum atomic E-state index is -0.578. The molecule has 0 saturated carbocycles. The van der Waals surface area contributed by atoms with Crippen LogP contribution in [0.25, 0.3) is 0 Å². The average Bonchev–Trinajstić information content (AvgIpc) is 2.53. The van der Waals surface area contributed by atoms with Crippen LogP contribution in [0.2, 0.25) is 0 Å². The molecule has 3 heteroatoms. The maximum absolute atomic E-state index is 9.90. The summed E-state index contributed by atoms with van der Waals surface area (Å²) < 4.78 is 5.85. The lowest BCUT2D eigenvalue weighted by molar-refractivity contribution is 0.103. The van der Waals surface area contributed by atoms with Gasteiger partial charge in [0.05, 0.1) is 6.61 Å². The lowest BCUT2D eigenvalue weighted by Crippen LogP contribution is -2.50. The zero-order valence-corrected chi connectivity index (χ0v) is 11.8. The van der Waals surface area contributed by atoms with Crippen molar-refractivity contribution in [2.45, 2.75) is 12.5 Å². The van der Waals surface area contributed by atoms with Gasteiger partial charge in [-0.1, -0.05) is 55.5 Å². The maximum Gasteiger partial charge on any atom is 0.119 e. The molecule has 0 spiro atoms. The maximum atomic E-state index is 9.90. The standard InChI is InChI=1S/C17H21NO2/c1-2-18-17(13-19,15-9-5-3-6-10-15)14-20-16-11-7-4-8-12-16/h3-12,18-19H,2,13-14H2,1H3. The number of para-hydroxylation sites is 1. The molecule has 106 valence electrons. The molecule has 0 aliphatic heterocycles. The van der Waals surface area contributed by atoms with E-state index in [0.717, 1.165) is 17.9 Å². The Balaban J connectivity index is 2.19. The van der Waals surface area contributed by atoms with Gasteiger partial charge in [0, 0.05) is 0 Å². The third-order valence-corrected chi connectivity index (χ3v) is 3.34. The van der Waals surface area contributed by atoms with E-state index in [1.54, 1.807) is 0 Å². The fourth-order valence-electron chi connectivity index (χ4n) is 2.25. The van der Waals surface area contributed by atoms with E-state index in [1.807, 2.05) is 67.6 Å². The number of hydrogen-bond donors (Lipinski definition) is 2. The fraction of sp³-hybridized carbons (Fsp3) is 0.294. The second kappa shape index (κ2) is 7.08. The van der Waals surface area contributed by atoms with Crippen LogP contribution in [-0.2, 0) is 5.54 Å². The summed E-state index contributed by atoms with van der Waals surface area (Å²) in [6.45, 7) is 3.15. The smallest absolute Gasteiger partial charge is 0.119 e. The highest BCUT2D eigenvalue weighted by Crippen LogP contribution is 2.22. The van der Waals surface area contributed by atoms with Crippen molar-refractivity contribution in [2.75, 3.05) is 19.8 Å². The van der Waals surface area contributed by atoms with Crippen molar-refractivity contribution < 1.29 is 9.84 Å². The minimum absolute atomic E-state index is 0.0162. The van der Waals surface area contributed by atoms with E-state index < -0.39 is 5.54 Å². The summed E-state index contributed by atoms with van der Waals surface area (Å²) in [5.41, 5.74) is 0.451. The van der Waals surface area contributed by atoms with Crippen LogP contribution in [0.15, 0.2) is 60.7 Å². The molecule has 2 rings (SSSR count). The summed E-state index contributed by atoms with van der Waals surface area (Å²) in [6, 6.07) is 19.6. The van der Waals surface area contributed by atoms with Crippen LogP contribution >= 0.6 is 0 Å². The van der Waals surface area contributed by atoms with Crippen molar-refractivity contribution in [1.29, 1.82) is 0 Å². The Morgan fingerprint density at radius 1 is 1.00 bits per heavy atom. The van der Waals surface area contributed by atoms with Crippen LogP contribution < -0.4 is 10.1 Å². The highest BCUT2D eigenvalue weighted by atomic mass is 16.5. The van der Waals surface area contributed by atoms with E-state index in [-0.39, 0.29) is 6.61 Å². The minimum Gasteiger partial charge on any atom is -0.491 e. The van der Waals surface area contributed by atoms with Crippen LogP contribution in [0.5, 0.6) is 5.75 Å². The number of likely N-dealkylation sites (N-methyl/N-ethyl adjacent to an activating group) is 1. The van der Waals surface area contributed by atoms with Gasteiger partial charge in [-0.2, -0.15) is 0 Å². The molecular formula is C17H21NO2. The van der Waals surface area contributed by atoms with Crippen molar-refractivity contribution in [3.63, 3.8) is 0 Å². The Morgan fingerprint density at radius 3 is 2.15 bits per heavy atom.